The number of hydrogen-bond donors (Lipinski definition) is 0. The van der Waals surface area contributed by atoms with Crippen molar-refractivity contribution < 1.29 is 13.9 Å². The zero-order valence-electron chi connectivity index (χ0n) is 19.2. The molecule has 1 aliphatic heterocycles. The molecule has 1 unspecified atom stereocenters. The molecule has 0 bridgehead atoms. The topological polar surface area (TPSA) is 70.8 Å². The first-order chi connectivity index (χ1) is 15.8. The van der Waals surface area contributed by atoms with Crippen molar-refractivity contribution in [1.29, 1.82) is 0 Å². The van der Waals surface area contributed by atoms with E-state index in [1.165, 1.54) is 17.3 Å². The smallest absolute Gasteiger partial charge is 0.293 e. The molecule has 0 saturated carbocycles. The molecule has 170 valence electrons. The number of rotatable bonds is 7. The molecule has 1 aliphatic rings. The number of nitrogens with zero attached hydrogens (tertiary/aromatic N) is 4. The van der Waals surface area contributed by atoms with Gasteiger partial charge in [0.2, 0.25) is 5.78 Å². The summed E-state index contributed by atoms with van der Waals surface area (Å²) in [5, 5.41) is 10.6. The molecule has 0 fully saturated rings. The first-order valence-electron chi connectivity index (χ1n) is 10.6. The lowest BCUT2D eigenvalue weighted by atomic mass is 9.86. The van der Waals surface area contributed by atoms with Gasteiger partial charge in [0.15, 0.2) is 16.7 Å². The number of thioether (sulfide) groups is 1. The van der Waals surface area contributed by atoms with E-state index >= 15 is 0 Å². The lowest BCUT2D eigenvalue weighted by Gasteiger charge is -2.19. The second-order valence-electron chi connectivity index (χ2n) is 8.79. The lowest BCUT2D eigenvalue weighted by Crippen LogP contribution is -2.32. The van der Waals surface area contributed by atoms with Crippen LogP contribution >= 0.6 is 22.2 Å². The van der Waals surface area contributed by atoms with E-state index in [0.717, 1.165) is 10.5 Å². The number of aromatic nitrogens is 4. The van der Waals surface area contributed by atoms with E-state index in [4.69, 9.17) is 0 Å². The highest BCUT2D eigenvalue weighted by Gasteiger charge is 2.25. The van der Waals surface area contributed by atoms with Gasteiger partial charge < -0.3 is 0 Å². The number of allylic oxidation sites excluding steroid dienone is 1. The fourth-order valence-corrected chi connectivity index (χ4v) is 5.76. The van der Waals surface area contributed by atoms with Crippen LogP contribution in [0.4, 0.5) is 0 Å². The van der Waals surface area contributed by atoms with E-state index < -0.39 is 10.5 Å². The van der Waals surface area contributed by atoms with Crippen molar-refractivity contribution in [1.82, 2.24) is 15.1 Å². The van der Waals surface area contributed by atoms with Gasteiger partial charge in [-0.05, 0) is 45.5 Å². The number of fused-ring (bicyclic) bond motifs is 1. The van der Waals surface area contributed by atoms with Crippen molar-refractivity contribution in [3.63, 3.8) is 0 Å². The van der Waals surface area contributed by atoms with Crippen molar-refractivity contribution in [3.8, 4) is 5.69 Å². The fraction of sp³-hybridized carbons (Fsp3) is 0.280. The average Bonchev–Trinajstić information content (AvgIpc) is 3.25. The van der Waals surface area contributed by atoms with Crippen molar-refractivity contribution in [2.75, 3.05) is 17.8 Å². The summed E-state index contributed by atoms with van der Waals surface area (Å²) in [5.74, 6) is 0.680. The van der Waals surface area contributed by atoms with Gasteiger partial charge in [0.05, 0.1) is 11.5 Å². The third kappa shape index (κ3) is 4.91. The Kier molecular flexibility index (Phi) is 6.76. The van der Waals surface area contributed by atoms with Crippen LogP contribution in [0.3, 0.4) is 0 Å². The average molecular weight is 480 g/mol. The zero-order valence-corrected chi connectivity index (χ0v) is 20.8. The minimum Gasteiger partial charge on any atom is -0.293 e. The van der Waals surface area contributed by atoms with Gasteiger partial charge in [-0.2, -0.15) is 11.8 Å². The van der Waals surface area contributed by atoms with Gasteiger partial charge in [-0.3, -0.25) is 9.59 Å². The maximum Gasteiger partial charge on any atom is 0.323 e. The number of ketones is 2. The Balaban J connectivity index is 1.81. The molecule has 6 nitrogen and oxygen atoms in total. The normalized spacial score (nSPS) is 15.4. The molecular formula is C25H27N4O2S2+. The van der Waals surface area contributed by atoms with Gasteiger partial charge in [0.1, 0.15) is 10.9 Å². The zero-order chi connectivity index (χ0) is 23.6. The van der Waals surface area contributed by atoms with Crippen LogP contribution in [-0.4, -0.2) is 44.4 Å². The summed E-state index contributed by atoms with van der Waals surface area (Å²) in [4.78, 5) is 25.9. The Labute approximate surface area is 200 Å². The molecule has 0 amide bonds. The van der Waals surface area contributed by atoms with Crippen molar-refractivity contribution in [3.05, 3.63) is 87.7 Å². The van der Waals surface area contributed by atoms with Gasteiger partial charge in [0, 0.05) is 5.56 Å². The second kappa shape index (κ2) is 9.57. The summed E-state index contributed by atoms with van der Waals surface area (Å²) < 4.78 is 4.06. The molecule has 33 heavy (non-hydrogen) atoms. The minimum absolute atomic E-state index is 0.0162. The molecule has 0 saturated heterocycles. The van der Waals surface area contributed by atoms with Gasteiger partial charge in [-0.15, -0.1) is 0 Å². The predicted molar refractivity (Wildman–Crippen MR) is 133 cm³/mol. The highest BCUT2D eigenvalue weighted by Crippen LogP contribution is 2.26. The maximum atomic E-state index is 13.2. The van der Waals surface area contributed by atoms with Gasteiger partial charge in [0.25, 0.3) is 0 Å². The van der Waals surface area contributed by atoms with Gasteiger partial charge in [-0.1, -0.05) is 78.1 Å². The largest absolute Gasteiger partial charge is 0.323 e. The summed E-state index contributed by atoms with van der Waals surface area (Å²) in [5.41, 5.74) is 3.22. The quantitative estimate of drug-likeness (QED) is 0.290. The number of para-hydroxylation sites is 1. The van der Waals surface area contributed by atoms with Crippen LogP contribution in [0.1, 0.15) is 36.7 Å². The molecule has 0 radical (unpaired) electrons. The van der Waals surface area contributed by atoms with Crippen molar-refractivity contribution >= 4 is 33.8 Å². The van der Waals surface area contributed by atoms with E-state index in [2.05, 4.69) is 31.2 Å². The van der Waals surface area contributed by atoms with Crippen LogP contribution in [0, 0.1) is 10.5 Å². The summed E-state index contributed by atoms with van der Waals surface area (Å²) in [7, 11) is -0.604. The monoisotopic (exact) mass is 479 g/mol. The van der Waals surface area contributed by atoms with Gasteiger partial charge >= 0.3 is 4.77 Å². The third-order valence-corrected chi connectivity index (χ3v) is 7.76. The van der Waals surface area contributed by atoms with E-state index in [1.807, 2.05) is 66.3 Å². The van der Waals surface area contributed by atoms with Crippen LogP contribution < -0.4 is 4.36 Å². The second-order valence-corrected chi connectivity index (χ2v) is 11.4. The van der Waals surface area contributed by atoms with Crippen LogP contribution in [0.15, 0.2) is 66.1 Å². The highest BCUT2D eigenvalue weighted by molar-refractivity contribution is 8.12. The summed E-state index contributed by atoms with van der Waals surface area (Å²) >= 11 is 1.47. The standard InChI is InChI=1S/C25H27N4O2S2/c1-25(2,3)19-12-10-18(11-13-19)23(31)17-33-15-14-21(22(30)16-32-4)29-24(33)28(26-27-29)20-8-6-5-7-9-20/h5-15H,16-17H2,1-4H3/q+1. The molecule has 1 atom stereocenters. The van der Waals surface area contributed by atoms with Crippen LogP contribution in [0.25, 0.3) is 5.69 Å². The maximum absolute atomic E-state index is 13.2. The number of carbonyl (C=O) groups is 2. The van der Waals surface area contributed by atoms with Crippen LogP contribution in [0.5, 0.6) is 0 Å². The highest BCUT2D eigenvalue weighted by atomic mass is 32.2. The van der Waals surface area contributed by atoms with E-state index in [-0.39, 0.29) is 22.7 Å². The molecule has 0 N–H and O–H groups in total. The molecule has 0 aliphatic carbocycles. The first kappa shape index (κ1) is 23.3. The summed E-state index contributed by atoms with van der Waals surface area (Å²) in [6.45, 7) is 6.46. The SMILES string of the molecule is CSCC(=O)C1=[n+]2nnn(-c3ccccc3)c2=S(CC(=O)c2ccc(C(C)(C)C)cc2)C=C1. The Bertz CT molecular complexity index is 1350. The number of carbonyl (C=O) groups excluding carboxylic acids is 2. The molecule has 3 aromatic rings. The Morgan fingerprint density at radius 3 is 2.36 bits per heavy atom. The fourth-order valence-electron chi connectivity index (χ4n) is 3.54. The van der Waals surface area contributed by atoms with Crippen LogP contribution in [-0.2, 0) is 10.2 Å². The molecule has 2 aromatic carbocycles. The molecular weight excluding hydrogens is 452 g/mol. The molecule has 0 spiro atoms. The summed E-state index contributed by atoms with van der Waals surface area (Å²) in [6, 6.07) is 17.5. The van der Waals surface area contributed by atoms with Crippen molar-refractivity contribution in [2.45, 2.75) is 26.2 Å². The Hall–Kier alpha value is -2.84. The molecule has 8 heteroatoms. The number of tetrazole rings is 1. The van der Waals surface area contributed by atoms with E-state index in [0.29, 0.717) is 17.0 Å². The molecule has 2 heterocycles. The van der Waals surface area contributed by atoms with Gasteiger partial charge in [-0.25, -0.2) is 0 Å². The third-order valence-electron chi connectivity index (χ3n) is 5.36. The lowest BCUT2D eigenvalue weighted by molar-refractivity contribution is -0.591. The number of benzene rings is 2. The number of Topliss-reactive ketones (excluding diaryl/α,β-unsaturated/α-hetero) is 2. The summed E-state index contributed by atoms with van der Waals surface area (Å²) in [6.07, 6.45) is 3.68. The Morgan fingerprint density at radius 1 is 1.03 bits per heavy atom. The molecule has 4 rings (SSSR count). The van der Waals surface area contributed by atoms with E-state index in [9.17, 15) is 9.59 Å². The number of hydrogen-bond acceptors (Lipinski definition) is 5. The minimum atomic E-state index is -0.604. The predicted octanol–water partition coefficient (Wildman–Crippen LogP) is 4.09. The van der Waals surface area contributed by atoms with E-state index in [1.54, 1.807) is 15.1 Å². The first-order valence-corrected chi connectivity index (χ1v) is 13.5. The van der Waals surface area contributed by atoms with Crippen LogP contribution in [0.2, 0.25) is 0 Å². The Morgan fingerprint density at radius 2 is 1.73 bits per heavy atom. The van der Waals surface area contributed by atoms with Crippen molar-refractivity contribution in [2.24, 2.45) is 0 Å². The molecule has 1 aromatic heterocycles.